The Kier molecular flexibility index (Phi) is 3.32. The van der Waals surface area contributed by atoms with Crippen LogP contribution in [-0.2, 0) is 20.5 Å². The number of alkyl halides is 3. The zero-order valence-electron chi connectivity index (χ0n) is 13.6. The van der Waals surface area contributed by atoms with E-state index < -0.39 is 40.0 Å². The Labute approximate surface area is 137 Å². The summed E-state index contributed by atoms with van der Waals surface area (Å²) in [4.78, 5) is 24.9. The number of anilines is 1. The van der Waals surface area contributed by atoms with Gasteiger partial charge in [0.1, 0.15) is 0 Å². The molecule has 1 aromatic rings. The van der Waals surface area contributed by atoms with E-state index in [0.717, 1.165) is 12.1 Å². The van der Waals surface area contributed by atoms with Crippen LogP contribution in [0.2, 0.25) is 0 Å². The van der Waals surface area contributed by atoms with Crippen LogP contribution in [0, 0.1) is 10.8 Å². The van der Waals surface area contributed by atoms with Gasteiger partial charge in [0, 0.05) is 11.1 Å². The number of fused-ring (bicyclic) bond motifs is 2. The third-order valence-electron chi connectivity index (χ3n) is 5.92. The Hall–Kier alpha value is -2.05. The molecule has 2 aliphatic rings. The van der Waals surface area contributed by atoms with E-state index in [9.17, 15) is 22.8 Å². The first-order valence-electron chi connectivity index (χ1n) is 7.66. The number of hydrogen-bond donors (Lipinski definition) is 1. The van der Waals surface area contributed by atoms with E-state index in [-0.39, 0.29) is 5.69 Å². The van der Waals surface area contributed by atoms with Crippen LogP contribution >= 0.6 is 0 Å². The van der Waals surface area contributed by atoms with Crippen molar-refractivity contribution in [1.29, 1.82) is 0 Å². The molecule has 1 saturated heterocycles. The van der Waals surface area contributed by atoms with Crippen LogP contribution < -0.4 is 5.32 Å². The molecule has 2 atom stereocenters. The Bertz CT molecular complexity index is 711. The van der Waals surface area contributed by atoms with Crippen molar-refractivity contribution in [2.24, 2.45) is 10.8 Å². The Morgan fingerprint density at radius 3 is 2.12 bits per heavy atom. The molecule has 0 radical (unpaired) electrons. The van der Waals surface area contributed by atoms with Crippen molar-refractivity contribution in [2.45, 2.75) is 45.4 Å². The second-order valence-corrected chi connectivity index (χ2v) is 7.20. The molecule has 2 unspecified atom stereocenters. The molecule has 3 rings (SSSR count). The highest BCUT2D eigenvalue weighted by atomic mass is 19.4. The van der Waals surface area contributed by atoms with Crippen molar-refractivity contribution in [3.8, 4) is 0 Å². The fraction of sp³-hybridized carbons (Fsp3) is 0.529. The fourth-order valence-electron chi connectivity index (χ4n) is 3.72. The number of rotatable bonds is 2. The highest BCUT2D eigenvalue weighted by molar-refractivity contribution is 6.03. The molecule has 1 aromatic carbocycles. The minimum atomic E-state index is -4.43. The highest BCUT2D eigenvalue weighted by Crippen LogP contribution is 2.65. The molecule has 2 bridgehead atoms. The van der Waals surface area contributed by atoms with Crippen LogP contribution in [-0.4, -0.2) is 17.5 Å². The number of nitrogens with one attached hydrogen (secondary N) is 1. The smallest absolute Gasteiger partial charge is 0.416 e. The van der Waals surface area contributed by atoms with Gasteiger partial charge in [0.2, 0.25) is 0 Å². The number of hydrogen-bond acceptors (Lipinski definition) is 3. The monoisotopic (exact) mass is 341 g/mol. The summed E-state index contributed by atoms with van der Waals surface area (Å²) in [5.74, 6) is -0.900. The average molecular weight is 341 g/mol. The summed E-state index contributed by atoms with van der Waals surface area (Å²) in [6, 6.07) is 4.18. The number of carbonyl (C=O) groups excluding carboxylic acids is 2. The first-order valence-corrected chi connectivity index (χ1v) is 7.66. The van der Waals surface area contributed by atoms with Crippen molar-refractivity contribution in [3.05, 3.63) is 29.8 Å². The number of amides is 1. The third-order valence-corrected chi connectivity index (χ3v) is 5.92. The van der Waals surface area contributed by atoms with Crippen molar-refractivity contribution in [2.75, 3.05) is 5.32 Å². The van der Waals surface area contributed by atoms with Crippen LogP contribution in [0.25, 0.3) is 0 Å². The summed E-state index contributed by atoms with van der Waals surface area (Å²) in [6.45, 7) is 5.42. The summed E-state index contributed by atoms with van der Waals surface area (Å²) in [7, 11) is 0. The molecule has 0 spiro atoms. The van der Waals surface area contributed by atoms with Crippen LogP contribution in [0.4, 0.5) is 18.9 Å². The predicted molar refractivity (Wildman–Crippen MR) is 80.0 cm³/mol. The summed E-state index contributed by atoms with van der Waals surface area (Å²) in [5.41, 5.74) is -3.28. The second-order valence-electron chi connectivity index (χ2n) is 7.20. The minimum absolute atomic E-state index is 0.231. The zero-order chi connectivity index (χ0) is 18.0. The first kappa shape index (κ1) is 16.8. The molecule has 0 aromatic heterocycles. The number of halogens is 3. The topological polar surface area (TPSA) is 55.4 Å². The van der Waals surface area contributed by atoms with E-state index in [0.29, 0.717) is 12.8 Å². The lowest BCUT2D eigenvalue weighted by atomic mass is 9.66. The quantitative estimate of drug-likeness (QED) is 0.833. The van der Waals surface area contributed by atoms with Crippen molar-refractivity contribution < 1.29 is 27.5 Å². The summed E-state index contributed by atoms with van der Waals surface area (Å²) in [5, 5.41) is 2.59. The average Bonchev–Trinajstić information content (AvgIpc) is 2.77. The van der Waals surface area contributed by atoms with Gasteiger partial charge in [-0.1, -0.05) is 13.8 Å². The van der Waals surface area contributed by atoms with Gasteiger partial charge in [0.15, 0.2) is 5.60 Å². The van der Waals surface area contributed by atoms with Crippen molar-refractivity contribution in [3.63, 3.8) is 0 Å². The summed E-state index contributed by atoms with van der Waals surface area (Å²) < 4.78 is 43.2. The molecular weight excluding hydrogens is 323 g/mol. The van der Waals surface area contributed by atoms with Gasteiger partial charge in [-0.15, -0.1) is 0 Å². The summed E-state index contributed by atoms with van der Waals surface area (Å²) >= 11 is 0. The molecule has 1 aliphatic carbocycles. The van der Waals surface area contributed by atoms with Crippen molar-refractivity contribution >= 4 is 17.6 Å². The number of carbonyl (C=O) groups is 2. The second kappa shape index (κ2) is 4.74. The Balaban J connectivity index is 1.85. The maximum atomic E-state index is 12.8. The molecule has 7 heteroatoms. The molecule has 4 nitrogen and oxygen atoms in total. The van der Waals surface area contributed by atoms with Gasteiger partial charge in [-0.25, -0.2) is 0 Å². The van der Waals surface area contributed by atoms with Gasteiger partial charge in [0.05, 0.1) is 11.0 Å². The molecule has 130 valence electrons. The van der Waals surface area contributed by atoms with E-state index in [4.69, 9.17) is 4.74 Å². The van der Waals surface area contributed by atoms with Crippen LogP contribution in [0.5, 0.6) is 0 Å². The molecule has 1 saturated carbocycles. The normalized spacial score (nSPS) is 31.0. The molecule has 24 heavy (non-hydrogen) atoms. The van der Waals surface area contributed by atoms with E-state index in [1.165, 1.54) is 12.1 Å². The SMILES string of the molecule is CC12CCC(C(=O)Nc3ccc(C(F)(F)F)cc3)(OC1=O)C2(C)C. The molecule has 1 aliphatic heterocycles. The minimum Gasteiger partial charge on any atom is -0.448 e. The standard InChI is InChI=1S/C17H18F3NO3/c1-14(2)15(3)8-9-16(14,24-13(15)23)12(22)21-11-6-4-10(5-7-11)17(18,19)20/h4-7H,8-9H2,1-3H3,(H,21,22). The summed E-state index contributed by atoms with van der Waals surface area (Å²) in [6.07, 6.45) is -3.49. The Morgan fingerprint density at radius 2 is 1.71 bits per heavy atom. The maximum Gasteiger partial charge on any atom is 0.416 e. The van der Waals surface area contributed by atoms with Crippen LogP contribution in [0.3, 0.4) is 0 Å². The Morgan fingerprint density at radius 1 is 1.12 bits per heavy atom. The molecule has 1 amide bonds. The lowest BCUT2D eigenvalue weighted by molar-refractivity contribution is -0.165. The molecule has 2 fully saturated rings. The highest BCUT2D eigenvalue weighted by Gasteiger charge is 2.75. The van der Waals surface area contributed by atoms with Gasteiger partial charge >= 0.3 is 12.1 Å². The number of esters is 1. The van der Waals surface area contributed by atoms with Gasteiger partial charge in [-0.05, 0) is 44.0 Å². The number of ether oxygens (including phenoxy) is 1. The van der Waals surface area contributed by atoms with Gasteiger partial charge in [-0.3, -0.25) is 9.59 Å². The van der Waals surface area contributed by atoms with E-state index in [1.54, 1.807) is 6.92 Å². The maximum absolute atomic E-state index is 12.8. The zero-order valence-corrected chi connectivity index (χ0v) is 13.6. The van der Waals surface area contributed by atoms with Gasteiger partial charge in [0.25, 0.3) is 5.91 Å². The van der Waals surface area contributed by atoms with Crippen molar-refractivity contribution in [1.82, 2.24) is 0 Å². The first-order chi connectivity index (χ1) is 10.9. The molecular formula is C17H18F3NO3. The van der Waals surface area contributed by atoms with Crippen LogP contribution in [0.15, 0.2) is 24.3 Å². The molecule has 1 N–H and O–H groups in total. The van der Waals surface area contributed by atoms with Gasteiger partial charge < -0.3 is 10.1 Å². The predicted octanol–water partition coefficient (Wildman–Crippen LogP) is 3.77. The van der Waals surface area contributed by atoms with E-state index in [1.807, 2.05) is 13.8 Å². The largest absolute Gasteiger partial charge is 0.448 e. The van der Waals surface area contributed by atoms with E-state index in [2.05, 4.69) is 5.32 Å². The van der Waals surface area contributed by atoms with Crippen LogP contribution in [0.1, 0.15) is 39.2 Å². The third kappa shape index (κ3) is 1.99. The lowest BCUT2D eigenvalue weighted by Gasteiger charge is -2.35. The van der Waals surface area contributed by atoms with Gasteiger partial charge in [-0.2, -0.15) is 13.2 Å². The lowest BCUT2D eigenvalue weighted by Crippen LogP contribution is -2.50. The fourth-order valence-corrected chi connectivity index (χ4v) is 3.72. The molecule has 1 heterocycles. The number of benzene rings is 1. The van der Waals surface area contributed by atoms with E-state index >= 15 is 0 Å².